The van der Waals surface area contributed by atoms with Crippen molar-refractivity contribution in [2.75, 3.05) is 20.1 Å². The summed E-state index contributed by atoms with van der Waals surface area (Å²) >= 11 is 0. The van der Waals surface area contributed by atoms with Crippen molar-refractivity contribution >= 4 is 11.6 Å². The van der Waals surface area contributed by atoms with Crippen molar-refractivity contribution in [1.29, 1.82) is 0 Å². The van der Waals surface area contributed by atoms with E-state index in [4.69, 9.17) is 0 Å². The number of nitrogens with zero attached hydrogens (tertiary/aromatic N) is 3. The van der Waals surface area contributed by atoms with Crippen LogP contribution in [-0.4, -0.2) is 45.5 Å². The molecule has 22 heavy (non-hydrogen) atoms. The molecule has 0 unspecified atom stereocenters. The highest BCUT2D eigenvalue weighted by molar-refractivity contribution is 5.78. The fraction of sp³-hybridized carbons (Fsp3) is 0.533. The van der Waals surface area contributed by atoms with Gasteiger partial charge in [-0.2, -0.15) is 0 Å². The first-order valence-corrected chi connectivity index (χ1v) is 7.63. The SMILES string of the molecule is CNCC(=O)N1CCCC[C@H]1c1cc(=O)n2[nH]c(C)cc2n1. The van der Waals surface area contributed by atoms with Crippen LogP contribution in [0.1, 0.15) is 36.7 Å². The van der Waals surface area contributed by atoms with Gasteiger partial charge in [0, 0.05) is 24.4 Å². The summed E-state index contributed by atoms with van der Waals surface area (Å²) in [6.45, 7) is 2.91. The van der Waals surface area contributed by atoms with Gasteiger partial charge in [-0.3, -0.25) is 14.7 Å². The zero-order chi connectivity index (χ0) is 15.7. The third kappa shape index (κ3) is 2.64. The van der Waals surface area contributed by atoms with E-state index in [0.29, 0.717) is 17.9 Å². The molecule has 0 spiro atoms. The number of aromatic amines is 1. The van der Waals surface area contributed by atoms with Crippen LogP contribution >= 0.6 is 0 Å². The Kier molecular flexibility index (Phi) is 3.98. The second-order valence-electron chi connectivity index (χ2n) is 5.78. The van der Waals surface area contributed by atoms with Crippen molar-refractivity contribution in [2.24, 2.45) is 0 Å². The molecule has 1 aliphatic rings. The van der Waals surface area contributed by atoms with Gasteiger partial charge in [0.15, 0.2) is 5.65 Å². The first-order valence-electron chi connectivity index (χ1n) is 7.63. The Balaban J connectivity index is 2.00. The van der Waals surface area contributed by atoms with Gasteiger partial charge in [-0.25, -0.2) is 9.50 Å². The number of likely N-dealkylation sites (N-methyl/N-ethyl adjacent to an activating group) is 1. The van der Waals surface area contributed by atoms with Gasteiger partial charge in [0.2, 0.25) is 5.91 Å². The molecular formula is C15H21N5O2. The predicted molar refractivity (Wildman–Crippen MR) is 82.8 cm³/mol. The van der Waals surface area contributed by atoms with E-state index in [0.717, 1.165) is 31.5 Å². The molecule has 0 radical (unpaired) electrons. The summed E-state index contributed by atoms with van der Waals surface area (Å²) in [6.07, 6.45) is 2.89. The van der Waals surface area contributed by atoms with Crippen molar-refractivity contribution in [2.45, 2.75) is 32.2 Å². The second-order valence-corrected chi connectivity index (χ2v) is 5.78. The van der Waals surface area contributed by atoms with Crippen LogP contribution < -0.4 is 10.9 Å². The summed E-state index contributed by atoms with van der Waals surface area (Å²) < 4.78 is 1.43. The van der Waals surface area contributed by atoms with Crippen molar-refractivity contribution in [3.63, 3.8) is 0 Å². The maximum atomic E-state index is 12.3. The van der Waals surface area contributed by atoms with E-state index < -0.39 is 0 Å². The Morgan fingerprint density at radius 3 is 3.05 bits per heavy atom. The maximum Gasteiger partial charge on any atom is 0.272 e. The van der Waals surface area contributed by atoms with Crippen LogP contribution in [0.15, 0.2) is 16.9 Å². The number of rotatable bonds is 3. The zero-order valence-electron chi connectivity index (χ0n) is 12.9. The van der Waals surface area contributed by atoms with Crippen LogP contribution in [0, 0.1) is 6.92 Å². The highest BCUT2D eigenvalue weighted by atomic mass is 16.2. The fourth-order valence-corrected chi connectivity index (χ4v) is 3.09. The van der Waals surface area contributed by atoms with Gasteiger partial charge in [-0.15, -0.1) is 0 Å². The van der Waals surface area contributed by atoms with E-state index in [9.17, 15) is 9.59 Å². The first-order chi connectivity index (χ1) is 10.6. The molecule has 1 saturated heterocycles. The zero-order valence-corrected chi connectivity index (χ0v) is 12.9. The van der Waals surface area contributed by atoms with Crippen molar-refractivity contribution in [1.82, 2.24) is 24.8 Å². The number of piperidine rings is 1. The standard InChI is InChI=1S/C15H21N5O2/c1-10-7-13-17-11(8-14(21)20(13)18-10)12-5-3-4-6-19(12)15(22)9-16-2/h7-8,12,16,18H,3-6,9H2,1-2H3/t12-/m0/s1. The molecule has 1 atom stereocenters. The number of H-pyrrole nitrogens is 1. The third-order valence-corrected chi connectivity index (χ3v) is 4.09. The molecule has 2 aromatic rings. The van der Waals surface area contributed by atoms with Gasteiger partial charge in [0.05, 0.1) is 18.3 Å². The molecular weight excluding hydrogens is 282 g/mol. The van der Waals surface area contributed by atoms with Crippen LogP contribution in [0.2, 0.25) is 0 Å². The summed E-state index contributed by atoms with van der Waals surface area (Å²) in [4.78, 5) is 31.0. The fourth-order valence-electron chi connectivity index (χ4n) is 3.09. The molecule has 0 saturated carbocycles. The average Bonchev–Trinajstić information content (AvgIpc) is 2.88. The highest BCUT2D eigenvalue weighted by Crippen LogP contribution is 2.29. The molecule has 1 aliphatic heterocycles. The number of hydrogen-bond donors (Lipinski definition) is 2. The van der Waals surface area contributed by atoms with E-state index >= 15 is 0 Å². The second kappa shape index (κ2) is 5.92. The van der Waals surface area contributed by atoms with Crippen molar-refractivity contribution in [3.8, 4) is 0 Å². The third-order valence-electron chi connectivity index (χ3n) is 4.09. The molecule has 0 bridgehead atoms. The maximum absolute atomic E-state index is 12.3. The summed E-state index contributed by atoms with van der Waals surface area (Å²) in [5.74, 6) is 0.0550. The number of aromatic nitrogens is 3. The minimum atomic E-state index is -0.139. The quantitative estimate of drug-likeness (QED) is 0.870. The molecule has 3 rings (SSSR count). The first kappa shape index (κ1) is 14.8. The normalized spacial score (nSPS) is 18.8. The summed E-state index contributed by atoms with van der Waals surface area (Å²) in [6, 6.07) is 3.27. The summed E-state index contributed by atoms with van der Waals surface area (Å²) in [7, 11) is 1.76. The van der Waals surface area contributed by atoms with Gasteiger partial charge >= 0.3 is 0 Å². The van der Waals surface area contributed by atoms with Crippen LogP contribution in [-0.2, 0) is 4.79 Å². The number of hydrogen-bond acceptors (Lipinski definition) is 4. The summed E-state index contributed by atoms with van der Waals surface area (Å²) in [5, 5.41) is 5.86. The molecule has 3 heterocycles. The predicted octanol–water partition coefficient (Wildman–Crippen LogP) is 0.604. The van der Waals surface area contributed by atoms with Crippen LogP contribution in [0.25, 0.3) is 5.65 Å². The summed E-state index contributed by atoms with van der Waals surface area (Å²) in [5.41, 5.74) is 2.04. The monoisotopic (exact) mass is 303 g/mol. The topological polar surface area (TPSA) is 82.5 Å². The molecule has 7 nitrogen and oxygen atoms in total. The number of nitrogens with one attached hydrogen (secondary N) is 2. The lowest BCUT2D eigenvalue weighted by atomic mass is 9.99. The van der Waals surface area contributed by atoms with Gasteiger partial charge in [-0.05, 0) is 33.2 Å². The Labute approximate surface area is 128 Å². The molecule has 0 aliphatic carbocycles. The molecule has 7 heteroatoms. The lowest BCUT2D eigenvalue weighted by Gasteiger charge is -2.35. The molecule has 0 aromatic carbocycles. The number of likely N-dealkylation sites (tertiary alicyclic amines) is 1. The van der Waals surface area contributed by atoms with Crippen molar-refractivity contribution < 1.29 is 4.79 Å². The van der Waals surface area contributed by atoms with E-state index in [1.807, 2.05) is 17.9 Å². The molecule has 1 amide bonds. The molecule has 2 aromatic heterocycles. The van der Waals surface area contributed by atoms with Gasteiger partial charge in [-0.1, -0.05) is 0 Å². The van der Waals surface area contributed by atoms with Crippen LogP contribution in [0.5, 0.6) is 0 Å². The van der Waals surface area contributed by atoms with E-state index in [2.05, 4.69) is 15.4 Å². The molecule has 2 N–H and O–H groups in total. The number of carbonyl (C=O) groups excluding carboxylic acids is 1. The largest absolute Gasteiger partial charge is 0.333 e. The van der Waals surface area contributed by atoms with Gasteiger partial charge in [0.25, 0.3) is 5.56 Å². The molecule has 1 fully saturated rings. The Morgan fingerprint density at radius 2 is 2.27 bits per heavy atom. The van der Waals surface area contributed by atoms with Crippen LogP contribution in [0.4, 0.5) is 0 Å². The molecule has 118 valence electrons. The van der Waals surface area contributed by atoms with Gasteiger partial charge in [0.1, 0.15) is 0 Å². The van der Waals surface area contributed by atoms with E-state index in [1.54, 1.807) is 13.1 Å². The average molecular weight is 303 g/mol. The van der Waals surface area contributed by atoms with E-state index in [-0.39, 0.29) is 17.5 Å². The number of aryl methyl sites for hydroxylation is 1. The Bertz CT molecular complexity index is 748. The number of carbonyl (C=O) groups is 1. The minimum absolute atomic E-state index is 0.0550. The smallest absolute Gasteiger partial charge is 0.272 e. The number of amides is 1. The highest BCUT2D eigenvalue weighted by Gasteiger charge is 2.29. The lowest BCUT2D eigenvalue weighted by molar-refractivity contribution is -0.134. The van der Waals surface area contributed by atoms with E-state index in [1.165, 1.54) is 4.52 Å². The Morgan fingerprint density at radius 1 is 1.45 bits per heavy atom. The number of fused-ring (bicyclic) bond motifs is 1. The lowest BCUT2D eigenvalue weighted by Crippen LogP contribution is -2.43. The minimum Gasteiger partial charge on any atom is -0.333 e. The van der Waals surface area contributed by atoms with Crippen LogP contribution in [0.3, 0.4) is 0 Å². The Hall–Kier alpha value is -2.15. The van der Waals surface area contributed by atoms with Crippen molar-refractivity contribution in [3.05, 3.63) is 33.9 Å². The van der Waals surface area contributed by atoms with Gasteiger partial charge < -0.3 is 10.2 Å².